The molecular formula is C35H38BrN3O6S. The van der Waals surface area contributed by atoms with Gasteiger partial charge < -0.3 is 19.7 Å². The van der Waals surface area contributed by atoms with Crippen molar-refractivity contribution in [2.75, 3.05) is 31.6 Å². The van der Waals surface area contributed by atoms with Gasteiger partial charge in [0.25, 0.3) is 10.0 Å². The first-order chi connectivity index (χ1) is 22.1. The van der Waals surface area contributed by atoms with E-state index in [0.717, 1.165) is 25.5 Å². The Kier molecular flexibility index (Phi) is 11.8. The van der Waals surface area contributed by atoms with Gasteiger partial charge in [-0.3, -0.25) is 13.9 Å². The summed E-state index contributed by atoms with van der Waals surface area (Å²) in [5, 5.41) is 2.87. The number of hydrogen-bond acceptors (Lipinski definition) is 6. The van der Waals surface area contributed by atoms with Crippen molar-refractivity contribution in [3.05, 3.63) is 118 Å². The number of methoxy groups -OCH3 is 2. The van der Waals surface area contributed by atoms with Crippen molar-refractivity contribution in [3.8, 4) is 11.5 Å². The van der Waals surface area contributed by atoms with E-state index < -0.39 is 28.5 Å². The van der Waals surface area contributed by atoms with Crippen molar-refractivity contribution in [3.63, 3.8) is 0 Å². The van der Waals surface area contributed by atoms with Gasteiger partial charge in [0.05, 0.1) is 24.8 Å². The largest absolute Gasteiger partial charge is 0.497 e. The minimum Gasteiger partial charge on any atom is -0.497 e. The average Bonchev–Trinajstić information content (AvgIpc) is 3.05. The number of rotatable bonds is 14. The fourth-order valence-electron chi connectivity index (χ4n) is 5.02. The van der Waals surface area contributed by atoms with E-state index in [4.69, 9.17) is 9.47 Å². The lowest BCUT2D eigenvalue weighted by Gasteiger charge is -2.34. The minimum absolute atomic E-state index is 0.00104. The standard InChI is InChI=1S/C35H38BrN3O6S/c1-5-37-35(41)32(21-26-10-7-6-8-11-26)38(23-27-12-9-13-28(36)20-27)34(40)24-39(31-22-29(44-3)16-19-33(31)45-4)46(42,43)30-17-14-25(2)15-18-30/h6-20,22,32H,5,21,23-24H2,1-4H3,(H,37,41)/t32-/m1/s1. The number of hydrogen-bond donors (Lipinski definition) is 1. The maximum absolute atomic E-state index is 14.6. The van der Waals surface area contributed by atoms with E-state index >= 15 is 0 Å². The Morgan fingerprint density at radius 3 is 2.20 bits per heavy atom. The van der Waals surface area contributed by atoms with Crippen LogP contribution in [0.3, 0.4) is 0 Å². The number of likely N-dealkylation sites (N-methyl/N-ethyl adjacent to an activating group) is 1. The molecule has 0 heterocycles. The lowest BCUT2D eigenvalue weighted by molar-refractivity contribution is -0.140. The molecule has 0 spiro atoms. The topological polar surface area (TPSA) is 105 Å². The number of nitrogens with zero attached hydrogens (tertiary/aromatic N) is 2. The highest BCUT2D eigenvalue weighted by atomic mass is 79.9. The van der Waals surface area contributed by atoms with Crippen LogP contribution in [0.25, 0.3) is 0 Å². The SMILES string of the molecule is CCNC(=O)[C@@H](Cc1ccccc1)N(Cc1cccc(Br)c1)C(=O)CN(c1cc(OC)ccc1OC)S(=O)(=O)c1ccc(C)cc1. The number of halogens is 1. The summed E-state index contributed by atoms with van der Waals surface area (Å²) >= 11 is 3.50. The van der Waals surface area contributed by atoms with Gasteiger partial charge in [0.2, 0.25) is 11.8 Å². The molecule has 0 fully saturated rings. The van der Waals surface area contributed by atoms with Crippen molar-refractivity contribution in [2.24, 2.45) is 0 Å². The molecular weight excluding hydrogens is 670 g/mol. The summed E-state index contributed by atoms with van der Waals surface area (Å²) in [7, 11) is -1.42. The van der Waals surface area contributed by atoms with E-state index in [1.807, 2.05) is 68.4 Å². The Hall–Kier alpha value is -4.35. The lowest BCUT2D eigenvalue weighted by Crippen LogP contribution is -2.53. The summed E-state index contributed by atoms with van der Waals surface area (Å²) in [5.41, 5.74) is 2.61. The van der Waals surface area contributed by atoms with Crippen LogP contribution in [0, 0.1) is 6.92 Å². The average molecular weight is 709 g/mol. The third-order valence-corrected chi connectivity index (χ3v) is 9.67. The first kappa shape index (κ1) is 34.5. The summed E-state index contributed by atoms with van der Waals surface area (Å²) < 4.78 is 41.5. The Balaban J connectivity index is 1.86. The normalized spacial score (nSPS) is 11.8. The van der Waals surface area contributed by atoms with Gasteiger partial charge >= 0.3 is 0 Å². The third-order valence-electron chi connectivity index (χ3n) is 7.41. The first-order valence-corrected chi connectivity index (χ1v) is 17.0. The lowest BCUT2D eigenvalue weighted by atomic mass is 10.0. The van der Waals surface area contributed by atoms with E-state index in [-0.39, 0.29) is 35.2 Å². The molecule has 46 heavy (non-hydrogen) atoms. The zero-order valence-corrected chi connectivity index (χ0v) is 28.7. The monoisotopic (exact) mass is 707 g/mol. The summed E-state index contributed by atoms with van der Waals surface area (Å²) in [5.74, 6) is -0.315. The van der Waals surface area contributed by atoms with Gasteiger partial charge in [0, 0.05) is 30.0 Å². The Morgan fingerprint density at radius 2 is 1.57 bits per heavy atom. The summed E-state index contributed by atoms with van der Waals surface area (Å²) in [6.45, 7) is 3.47. The molecule has 1 atom stereocenters. The highest BCUT2D eigenvalue weighted by Crippen LogP contribution is 2.36. The molecule has 4 rings (SSSR count). The van der Waals surface area contributed by atoms with Gasteiger partial charge in [0.1, 0.15) is 24.1 Å². The number of amides is 2. The molecule has 0 saturated carbocycles. The number of ether oxygens (including phenoxy) is 2. The number of anilines is 1. The number of aryl methyl sites for hydroxylation is 1. The van der Waals surface area contributed by atoms with Crippen LogP contribution < -0.4 is 19.1 Å². The maximum atomic E-state index is 14.6. The molecule has 0 aromatic heterocycles. The van der Waals surface area contributed by atoms with E-state index in [9.17, 15) is 18.0 Å². The Morgan fingerprint density at radius 1 is 0.870 bits per heavy atom. The molecule has 0 aliphatic carbocycles. The molecule has 0 bridgehead atoms. The molecule has 11 heteroatoms. The summed E-state index contributed by atoms with van der Waals surface area (Å²) in [6, 6.07) is 27.0. The van der Waals surface area contributed by atoms with Crippen LogP contribution in [0.2, 0.25) is 0 Å². The molecule has 242 valence electrons. The number of carbonyl (C=O) groups is 2. The third kappa shape index (κ3) is 8.46. The molecule has 0 unspecified atom stereocenters. The maximum Gasteiger partial charge on any atom is 0.264 e. The van der Waals surface area contributed by atoms with Gasteiger partial charge in [-0.2, -0.15) is 0 Å². The zero-order chi connectivity index (χ0) is 33.3. The number of benzene rings is 4. The fourth-order valence-corrected chi connectivity index (χ4v) is 6.88. The molecule has 0 aliphatic rings. The van der Waals surface area contributed by atoms with Crippen LogP contribution in [0.5, 0.6) is 11.5 Å². The van der Waals surface area contributed by atoms with Crippen LogP contribution >= 0.6 is 15.9 Å². The van der Waals surface area contributed by atoms with Gasteiger partial charge in [-0.15, -0.1) is 0 Å². The van der Waals surface area contributed by atoms with Crippen molar-refractivity contribution in [2.45, 2.75) is 37.8 Å². The second kappa shape index (κ2) is 15.8. The van der Waals surface area contributed by atoms with Gasteiger partial charge in [-0.05, 0) is 61.4 Å². The highest BCUT2D eigenvalue weighted by Gasteiger charge is 2.35. The van der Waals surface area contributed by atoms with E-state index in [1.165, 1.54) is 37.3 Å². The van der Waals surface area contributed by atoms with Crippen molar-refractivity contribution >= 4 is 43.5 Å². The van der Waals surface area contributed by atoms with Gasteiger partial charge in [-0.1, -0.05) is 76.1 Å². The molecule has 0 radical (unpaired) electrons. The number of nitrogens with one attached hydrogen (secondary N) is 1. The number of sulfonamides is 1. The van der Waals surface area contributed by atoms with Crippen molar-refractivity contribution in [1.29, 1.82) is 0 Å². The fraction of sp³-hybridized carbons (Fsp3) is 0.257. The molecule has 0 aliphatic heterocycles. The van der Waals surface area contributed by atoms with Gasteiger partial charge in [-0.25, -0.2) is 8.42 Å². The van der Waals surface area contributed by atoms with E-state index in [0.29, 0.717) is 12.3 Å². The van der Waals surface area contributed by atoms with Crippen LogP contribution in [0.15, 0.2) is 106 Å². The van der Waals surface area contributed by atoms with Crippen molar-refractivity contribution < 1.29 is 27.5 Å². The summed E-state index contributed by atoms with van der Waals surface area (Å²) in [6.07, 6.45) is 0.222. The first-order valence-electron chi connectivity index (χ1n) is 14.7. The molecule has 0 saturated heterocycles. The smallest absolute Gasteiger partial charge is 0.264 e. The Labute approximate surface area is 279 Å². The predicted octanol–water partition coefficient (Wildman–Crippen LogP) is 5.75. The second-order valence-corrected chi connectivity index (χ2v) is 13.4. The quantitative estimate of drug-likeness (QED) is 0.179. The van der Waals surface area contributed by atoms with E-state index in [1.54, 1.807) is 24.3 Å². The van der Waals surface area contributed by atoms with Crippen molar-refractivity contribution in [1.82, 2.24) is 10.2 Å². The molecule has 4 aromatic rings. The zero-order valence-electron chi connectivity index (χ0n) is 26.3. The molecule has 9 nitrogen and oxygen atoms in total. The Bertz CT molecular complexity index is 1750. The molecule has 1 N–H and O–H groups in total. The molecule has 2 amide bonds. The highest BCUT2D eigenvalue weighted by molar-refractivity contribution is 9.10. The second-order valence-electron chi connectivity index (χ2n) is 10.6. The summed E-state index contributed by atoms with van der Waals surface area (Å²) in [4.78, 5) is 29.7. The minimum atomic E-state index is -4.31. The number of carbonyl (C=O) groups excluding carboxylic acids is 2. The van der Waals surface area contributed by atoms with Crippen LogP contribution in [0.1, 0.15) is 23.6 Å². The predicted molar refractivity (Wildman–Crippen MR) is 183 cm³/mol. The van der Waals surface area contributed by atoms with Crippen LogP contribution in [0.4, 0.5) is 5.69 Å². The van der Waals surface area contributed by atoms with E-state index in [2.05, 4.69) is 21.2 Å². The molecule has 4 aromatic carbocycles. The van der Waals surface area contributed by atoms with Gasteiger partial charge in [0.15, 0.2) is 0 Å². The van der Waals surface area contributed by atoms with Crippen LogP contribution in [-0.4, -0.2) is 58.5 Å². The van der Waals surface area contributed by atoms with Crippen LogP contribution in [-0.2, 0) is 32.6 Å².